The van der Waals surface area contributed by atoms with E-state index < -0.39 is 5.97 Å². The summed E-state index contributed by atoms with van der Waals surface area (Å²) in [6.07, 6.45) is -0.239. The van der Waals surface area contributed by atoms with Crippen molar-refractivity contribution in [3.8, 4) is 6.07 Å². The highest BCUT2D eigenvalue weighted by atomic mass is 16.5. The lowest BCUT2D eigenvalue weighted by atomic mass is 10.1. The van der Waals surface area contributed by atoms with Gasteiger partial charge in [0, 0.05) is 19.6 Å². The molecule has 1 saturated heterocycles. The molecule has 0 bridgehead atoms. The van der Waals surface area contributed by atoms with Gasteiger partial charge in [-0.25, -0.2) is 0 Å². The van der Waals surface area contributed by atoms with Gasteiger partial charge in [0.1, 0.15) is 0 Å². The van der Waals surface area contributed by atoms with Crippen LogP contribution in [0.2, 0.25) is 0 Å². The fraction of sp³-hybridized carbons (Fsp3) is 0.429. The number of benzene rings is 1. The standard InChI is InChI=1S/C14H16N2O3/c15-8-11-3-1-2-4-12(11)9-16-5-6-19-13(10-16)7-14(17)18/h1-4,13H,5-7,9-10H2,(H,17,18). The number of carboxylic acid groups (broad SMARTS) is 1. The van der Waals surface area contributed by atoms with Crippen LogP contribution in [0.15, 0.2) is 24.3 Å². The second-order valence-electron chi connectivity index (χ2n) is 4.59. The van der Waals surface area contributed by atoms with Crippen LogP contribution in [0.1, 0.15) is 17.5 Å². The Hall–Kier alpha value is -1.90. The predicted octanol–water partition coefficient (Wildman–Crippen LogP) is 1.23. The molecule has 1 aromatic rings. The van der Waals surface area contributed by atoms with Gasteiger partial charge in [0.25, 0.3) is 0 Å². The van der Waals surface area contributed by atoms with E-state index in [2.05, 4.69) is 11.0 Å². The van der Waals surface area contributed by atoms with E-state index in [0.29, 0.717) is 25.3 Å². The molecule has 0 radical (unpaired) electrons. The summed E-state index contributed by atoms with van der Waals surface area (Å²) >= 11 is 0. The normalized spacial score (nSPS) is 19.8. The van der Waals surface area contributed by atoms with Crippen LogP contribution in [0.5, 0.6) is 0 Å². The molecule has 0 spiro atoms. The van der Waals surface area contributed by atoms with Gasteiger partial charge in [-0.2, -0.15) is 5.26 Å². The molecule has 2 rings (SSSR count). The Morgan fingerprint density at radius 2 is 2.32 bits per heavy atom. The molecule has 1 atom stereocenters. The molecule has 1 unspecified atom stereocenters. The lowest BCUT2D eigenvalue weighted by Crippen LogP contribution is -2.42. The van der Waals surface area contributed by atoms with Crippen LogP contribution in [0.4, 0.5) is 0 Å². The number of aliphatic carboxylic acids is 1. The van der Waals surface area contributed by atoms with E-state index >= 15 is 0 Å². The number of ether oxygens (including phenoxy) is 1. The zero-order valence-corrected chi connectivity index (χ0v) is 10.6. The lowest BCUT2D eigenvalue weighted by molar-refractivity contribution is -0.142. The summed E-state index contributed by atoms with van der Waals surface area (Å²) in [4.78, 5) is 12.8. The fourth-order valence-corrected chi connectivity index (χ4v) is 2.25. The first kappa shape index (κ1) is 13.5. The average Bonchev–Trinajstić information content (AvgIpc) is 2.39. The molecule has 0 aromatic heterocycles. The van der Waals surface area contributed by atoms with Crippen LogP contribution in [-0.2, 0) is 16.1 Å². The molecule has 1 aliphatic heterocycles. The Morgan fingerprint density at radius 3 is 3.05 bits per heavy atom. The summed E-state index contributed by atoms with van der Waals surface area (Å²) in [6, 6.07) is 9.65. The zero-order valence-electron chi connectivity index (χ0n) is 10.6. The van der Waals surface area contributed by atoms with E-state index in [9.17, 15) is 4.79 Å². The molecule has 0 aliphatic carbocycles. The molecule has 1 aromatic carbocycles. The van der Waals surface area contributed by atoms with Crippen LogP contribution in [0, 0.1) is 11.3 Å². The number of hydrogen-bond donors (Lipinski definition) is 1. The van der Waals surface area contributed by atoms with E-state index in [1.807, 2.05) is 18.2 Å². The van der Waals surface area contributed by atoms with Crippen molar-refractivity contribution in [1.82, 2.24) is 4.90 Å². The first-order chi connectivity index (χ1) is 9.19. The molecule has 1 N–H and O–H groups in total. The van der Waals surface area contributed by atoms with Crippen molar-refractivity contribution in [1.29, 1.82) is 5.26 Å². The van der Waals surface area contributed by atoms with Crippen LogP contribution < -0.4 is 0 Å². The van der Waals surface area contributed by atoms with Crippen molar-refractivity contribution < 1.29 is 14.6 Å². The summed E-state index contributed by atoms with van der Waals surface area (Å²) in [7, 11) is 0. The molecule has 1 aliphatic rings. The van der Waals surface area contributed by atoms with Gasteiger partial charge < -0.3 is 9.84 Å². The maximum Gasteiger partial charge on any atom is 0.306 e. The van der Waals surface area contributed by atoms with Gasteiger partial charge in [0.2, 0.25) is 0 Å². The van der Waals surface area contributed by atoms with Crippen LogP contribution in [0.25, 0.3) is 0 Å². The zero-order chi connectivity index (χ0) is 13.7. The highest BCUT2D eigenvalue weighted by molar-refractivity contribution is 5.67. The Bertz CT molecular complexity index is 496. The predicted molar refractivity (Wildman–Crippen MR) is 68.4 cm³/mol. The van der Waals surface area contributed by atoms with Crippen molar-refractivity contribution in [3.63, 3.8) is 0 Å². The molecule has 5 nitrogen and oxygen atoms in total. The largest absolute Gasteiger partial charge is 0.481 e. The third kappa shape index (κ3) is 3.78. The Balaban J connectivity index is 1.99. The van der Waals surface area contributed by atoms with Gasteiger partial charge in [-0.05, 0) is 11.6 Å². The topological polar surface area (TPSA) is 73.6 Å². The number of nitriles is 1. The van der Waals surface area contributed by atoms with E-state index in [1.165, 1.54) is 0 Å². The molecular formula is C14H16N2O3. The molecule has 19 heavy (non-hydrogen) atoms. The van der Waals surface area contributed by atoms with Crippen LogP contribution in [-0.4, -0.2) is 41.8 Å². The van der Waals surface area contributed by atoms with Crippen molar-refractivity contribution in [2.45, 2.75) is 19.1 Å². The van der Waals surface area contributed by atoms with Gasteiger partial charge in [0.05, 0.1) is 30.8 Å². The monoisotopic (exact) mass is 260 g/mol. The van der Waals surface area contributed by atoms with E-state index in [1.54, 1.807) is 6.07 Å². The second-order valence-corrected chi connectivity index (χ2v) is 4.59. The average molecular weight is 260 g/mol. The number of carbonyl (C=O) groups is 1. The maximum atomic E-state index is 10.7. The molecule has 1 fully saturated rings. The summed E-state index contributed by atoms with van der Waals surface area (Å²) in [5, 5.41) is 17.8. The number of carboxylic acids is 1. The minimum atomic E-state index is -0.843. The third-order valence-electron chi connectivity index (χ3n) is 3.16. The fourth-order valence-electron chi connectivity index (χ4n) is 2.25. The van der Waals surface area contributed by atoms with Crippen LogP contribution >= 0.6 is 0 Å². The summed E-state index contributed by atoms with van der Waals surface area (Å²) in [6.45, 7) is 2.54. The summed E-state index contributed by atoms with van der Waals surface area (Å²) in [5.41, 5.74) is 1.64. The van der Waals surface area contributed by atoms with Crippen molar-refractivity contribution in [3.05, 3.63) is 35.4 Å². The van der Waals surface area contributed by atoms with Gasteiger partial charge in [-0.3, -0.25) is 9.69 Å². The van der Waals surface area contributed by atoms with Crippen LogP contribution in [0.3, 0.4) is 0 Å². The van der Waals surface area contributed by atoms with E-state index in [4.69, 9.17) is 15.1 Å². The minimum absolute atomic E-state index is 0.0242. The molecule has 0 amide bonds. The number of hydrogen-bond acceptors (Lipinski definition) is 4. The molecule has 1 heterocycles. The van der Waals surface area contributed by atoms with E-state index in [0.717, 1.165) is 12.1 Å². The van der Waals surface area contributed by atoms with Gasteiger partial charge in [-0.15, -0.1) is 0 Å². The molecule has 5 heteroatoms. The number of rotatable bonds is 4. The smallest absolute Gasteiger partial charge is 0.306 e. The molecule has 0 saturated carbocycles. The van der Waals surface area contributed by atoms with E-state index in [-0.39, 0.29) is 12.5 Å². The second kappa shape index (κ2) is 6.32. The Labute approximate surface area is 112 Å². The number of morpholine rings is 1. The first-order valence-corrected chi connectivity index (χ1v) is 6.23. The highest BCUT2D eigenvalue weighted by Gasteiger charge is 2.23. The molecule has 100 valence electrons. The minimum Gasteiger partial charge on any atom is -0.481 e. The maximum absolute atomic E-state index is 10.7. The molecular weight excluding hydrogens is 244 g/mol. The van der Waals surface area contributed by atoms with Gasteiger partial charge >= 0.3 is 5.97 Å². The Morgan fingerprint density at radius 1 is 1.53 bits per heavy atom. The quantitative estimate of drug-likeness (QED) is 0.881. The first-order valence-electron chi connectivity index (χ1n) is 6.23. The van der Waals surface area contributed by atoms with Crippen molar-refractivity contribution in [2.24, 2.45) is 0 Å². The van der Waals surface area contributed by atoms with Gasteiger partial charge in [-0.1, -0.05) is 18.2 Å². The third-order valence-corrected chi connectivity index (χ3v) is 3.16. The van der Waals surface area contributed by atoms with Crippen molar-refractivity contribution in [2.75, 3.05) is 19.7 Å². The van der Waals surface area contributed by atoms with Crippen molar-refractivity contribution >= 4 is 5.97 Å². The number of nitrogens with zero attached hydrogens (tertiary/aromatic N) is 2. The highest BCUT2D eigenvalue weighted by Crippen LogP contribution is 2.15. The summed E-state index contributed by atoms with van der Waals surface area (Å²) in [5.74, 6) is -0.843. The van der Waals surface area contributed by atoms with Gasteiger partial charge in [0.15, 0.2) is 0 Å². The SMILES string of the molecule is N#Cc1ccccc1CN1CCOC(CC(=O)O)C1. The summed E-state index contributed by atoms with van der Waals surface area (Å²) < 4.78 is 5.43. The lowest BCUT2D eigenvalue weighted by Gasteiger charge is -2.32. The Kier molecular flexibility index (Phi) is 4.50.